The molecule has 1 aliphatic rings. The molecule has 0 radical (unpaired) electrons. The molecule has 2 atom stereocenters. The maximum atomic E-state index is 9.54. The van der Waals surface area contributed by atoms with Crippen molar-refractivity contribution in [2.24, 2.45) is 5.11 Å². The number of rotatable bonds is 1. The van der Waals surface area contributed by atoms with Gasteiger partial charge < -0.3 is 5.11 Å². The first-order valence-corrected chi connectivity index (χ1v) is 4.57. The molecular weight excluding hydrogens is 154 g/mol. The summed E-state index contributed by atoms with van der Waals surface area (Å²) in [5, 5.41) is 13.1. The SMILES string of the molecule is [N-]=[N+]=NC1CCCCCCC1O. The van der Waals surface area contributed by atoms with E-state index in [-0.39, 0.29) is 6.04 Å². The zero-order chi connectivity index (χ0) is 8.81. The minimum Gasteiger partial charge on any atom is -0.393 e. The molecule has 0 saturated heterocycles. The lowest BCUT2D eigenvalue weighted by Gasteiger charge is -2.20. The molecule has 0 aliphatic heterocycles. The molecule has 1 saturated carbocycles. The molecule has 12 heavy (non-hydrogen) atoms. The predicted octanol–water partition coefficient (Wildman–Crippen LogP) is 2.38. The molecule has 68 valence electrons. The van der Waals surface area contributed by atoms with E-state index in [0.29, 0.717) is 0 Å². The second-order valence-electron chi connectivity index (χ2n) is 3.33. The molecule has 4 heteroatoms. The fourth-order valence-electron chi connectivity index (χ4n) is 1.65. The molecule has 4 nitrogen and oxygen atoms in total. The molecule has 1 fully saturated rings. The summed E-state index contributed by atoms with van der Waals surface area (Å²) in [6, 6.07) is -0.185. The first kappa shape index (κ1) is 9.36. The maximum Gasteiger partial charge on any atom is 0.0633 e. The van der Waals surface area contributed by atoms with Gasteiger partial charge in [-0.25, -0.2) is 0 Å². The number of aliphatic hydroxyl groups excluding tert-OH is 1. The van der Waals surface area contributed by atoms with E-state index in [0.717, 1.165) is 25.7 Å². The van der Waals surface area contributed by atoms with Gasteiger partial charge in [-0.15, -0.1) is 0 Å². The van der Waals surface area contributed by atoms with Crippen molar-refractivity contribution < 1.29 is 5.11 Å². The Balaban J connectivity index is 2.48. The second-order valence-corrected chi connectivity index (χ2v) is 3.33. The largest absolute Gasteiger partial charge is 0.393 e. The molecule has 0 spiro atoms. The van der Waals surface area contributed by atoms with Gasteiger partial charge in [-0.3, -0.25) is 0 Å². The second kappa shape index (κ2) is 5.01. The van der Waals surface area contributed by atoms with Crippen LogP contribution in [0, 0.1) is 0 Å². The van der Waals surface area contributed by atoms with Crippen LogP contribution in [-0.2, 0) is 0 Å². The molecule has 0 aromatic heterocycles. The van der Waals surface area contributed by atoms with Gasteiger partial charge in [0.25, 0.3) is 0 Å². The Bertz CT molecular complexity index is 177. The summed E-state index contributed by atoms with van der Waals surface area (Å²) < 4.78 is 0. The van der Waals surface area contributed by atoms with Gasteiger partial charge in [0.1, 0.15) is 0 Å². The van der Waals surface area contributed by atoms with E-state index in [4.69, 9.17) is 5.53 Å². The lowest BCUT2D eigenvalue weighted by atomic mass is 9.95. The summed E-state index contributed by atoms with van der Waals surface area (Å²) in [7, 11) is 0. The van der Waals surface area contributed by atoms with Crippen molar-refractivity contribution >= 4 is 0 Å². The van der Waals surface area contributed by atoms with Crippen LogP contribution in [0.25, 0.3) is 10.4 Å². The third-order valence-corrected chi connectivity index (χ3v) is 2.39. The molecule has 1 rings (SSSR count). The van der Waals surface area contributed by atoms with Gasteiger partial charge in [0, 0.05) is 4.91 Å². The van der Waals surface area contributed by atoms with Gasteiger partial charge in [-0.2, -0.15) is 0 Å². The van der Waals surface area contributed by atoms with Crippen LogP contribution in [0.5, 0.6) is 0 Å². The molecular formula is C8H15N3O. The Morgan fingerprint density at radius 2 is 1.83 bits per heavy atom. The smallest absolute Gasteiger partial charge is 0.0633 e. The Labute approximate surface area is 72.2 Å². The summed E-state index contributed by atoms with van der Waals surface area (Å²) in [4.78, 5) is 2.75. The minimum absolute atomic E-state index is 0.185. The normalized spacial score (nSPS) is 31.4. The van der Waals surface area contributed by atoms with E-state index < -0.39 is 6.10 Å². The summed E-state index contributed by atoms with van der Waals surface area (Å²) in [6.45, 7) is 0. The van der Waals surface area contributed by atoms with Crippen LogP contribution in [0.2, 0.25) is 0 Å². The first-order chi connectivity index (χ1) is 5.84. The van der Waals surface area contributed by atoms with Gasteiger partial charge in [-0.1, -0.05) is 30.8 Å². The van der Waals surface area contributed by atoms with Crippen LogP contribution in [0.15, 0.2) is 5.11 Å². The van der Waals surface area contributed by atoms with E-state index in [1.54, 1.807) is 0 Å². The highest BCUT2D eigenvalue weighted by molar-refractivity contribution is 4.77. The van der Waals surface area contributed by atoms with Crippen LogP contribution >= 0.6 is 0 Å². The minimum atomic E-state index is -0.416. The van der Waals surface area contributed by atoms with E-state index in [2.05, 4.69) is 10.0 Å². The molecule has 0 aromatic carbocycles. The van der Waals surface area contributed by atoms with Crippen molar-refractivity contribution in [2.45, 2.75) is 50.7 Å². The average molecular weight is 169 g/mol. The van der Waals surface area contributed by atoms with Crippen molar-refractivity contribution in [1.29, 1.82) is 0 Å². The van der Waals surface area contributed by atoms with E-state index in [9.17, 15) is 5.11 Å². The Kier molecular flexibility index (Phi) is 3.91. The summed E-state index contributed by atoms with van der Waals surface area (Å²) in [5.74, 6) is 0. The molecule has 0 amide bonds. The monoisotopic (exact) mass is 169 g/mol. The summed E-state index contributed by atoms with van der Waals surface area (Å²) in [5.41, 5.74) is 8.25. The molecule has 0 heterocycles. The topological polar surface area (TPSA) is 69.0 Å². The van der Waals surface area contributed by atoms with Crippen LogP contribution in [-0.4, -0.2) is 17.3 Å². The highest BCUT2D eigenvalue weighted by Crippen LogP contribution is 2.19. The molecule has 1 N–H and O–H groups in total. The number of hydrogen-bond acceptors (Lipinski definition) is 2. The molecule has 2 unspecified atom stereocenters. The Morgan fingerprint density at radius 1 is 1.17 bits per heavy atom. The van der Waals surface area contributed by atoms with Gasteiger partial charge in [0.15, 0.2) is 0 Å². The number of aliphatic hydroxyl groups is 1. The highest BCUT2D eigenvalue weighted by Gasteiger charge is 2.18. The average Bonchev–Trinajstić information content (AvgIpc) is 2.05. The van der Waals surface area contributed by atoms with Crippen LogP contribution in [0.4, 0.5) is 0 Å². The Hall–Kier alpha value is -0.730. The van der Waals surface area contributed by atoms with Crippen LogP contribution < -0.4 is 0 Å². The third kappa shape index (κ3) is 2.72. The Morgan fingerprint density at radius 3 is 2.50 bits per heavy atom. The van der Waals surface area contributed by atoms with Gasteiger partial charge in [-0.05, 0) is 18.4 Å². The number of hydrogen-bond donors (Lipinski definition) is 1. The van der Waals surface area contributed by atoms with Crippen molar-refractivity contribution in [3.8, 4) is 0 Å². The van der Waals surface area contributed by atoms with Crippen molar-refractivity contribution in [2.75, 3.05) is 0 Å². The lowest BCUT2D eigenvalue weighted by Crippen LogP contribution is -2.24. The van der Waals surface area contributed by atoms with Gasteiger partial charge >= 0.3 is 0 Å². The molecule has 0 bridgehead atoms. The standard InChI is InChI=1S/C8H15N3O/c9-11-10-7-5-3-1-2-4-6-8(7)12/h7-8,12H,1-6H2. The summed E-state index contributed by atoms with van der Waals surface area (Å²) >= 11 is 0. The molecule has 1 aliphatic carbocycles. The van der Waals surface area contributed by atoms with E-state index in [1.807, 2.05) is 0 Å². The summed E-state index contributed by atoms with van der Waals surface area (Å²) in [6.07, 6.45) is 5.72. The zero-order valence-electron chi connectivity index (χ0n) is 7.19. The quantitative estimate of drug-likeness (QED) is 0.365. The third-order valence-electron chi connectivity index (χ3n) is 2.39. The van der Waals surface area contributed by atoms with Crippen molar-refractivity contribution in [3.63, 3.8) is 0 Å². The number of nitrogens with zero attached hydrogens (tertiary/aromatic N) is 3. The van der Waals surface area contributed by atoms with Crippen LogP contribution in [0.3, 0.4) is 0 Å². The van der Waals surface area contributed by atoms with Crippen molar-refractivity contribution in [3.05, 3.63) is 10.4 Å². The van der Waals surface area contributed by atoms with Gasteiger partial charge in [0.2, 0.25) is 0 Å². The highest BCUT2D eigenvalue weighted by atomic mass is 16.3. The van der Waals surface area contributed by atoms with E-state index in [1.165, 1.54) is 12.8 Å². The maximum absolute atomic E-state index is 9.54. The first-order valence-electron chi connectivity index (χ1n) is 4.57. The fraction of sp³-hybridized carbons (Fsp3) is 1.00. The van der Waals surface area contributed by atoms with E-state index >= 15 is 0 Å². The fourth-order valence-corrected chi connectivity index (χ4v) is 1.65. The van der Waals surface area contributed by atoms with Crippen molar-refractivity contribution in [1.82, 2.24) is 0 Å². The number of azide groups is 1. The lowest BCUT2D eigenvalue weighted by molar-refractivity contribution is 0.121. The van der Waals surface area contributed by atoms with Gasteiger partial charge in [0.05, 0.1) is 12.1 Å². The van der Waals surface area contributed by atoms with Crippen LogP contribution in [0.1, 0.15) is 38.5 Å². The predicted molar refractivity (Wildman–Crippen MR) is 46.6 cm³/mol. The zero-order valence-corrected chi connectivity index (χ0v) is 7.19. The molecule has 0 aromatic rings.